The van der Waals surface area contributed by atoms with E-state index in [9.17, 15) is 4.79 Å². The van der Waals surface area contributed by atoms with Crippen LogP contribution in [0.15, 0.2) is 30.6 Å². The molecule has 2 aromatic rings. The number of hydrogen-bond acceptors (Lipinski definition) is 3. The number of hydrogen-bond donors (Lipinski definition) is 1. The van der Waals surface area contributed by atoms with E-state index in [-0.39, 0.29) is 11.4 Å². The van der Waals surface area contributed by atoms with Crippen LogP contribution >= 0.6 is 0 Å². The maximum absolute atomic E-state index is 10.8. The lowest BCUT2D eigenvalue weighted by Crippen LogP contribution is -2.02. The van der Waals surface area contributed by atoms with Crippen LogP contribution in [0.2, 0.25) is 0 Å². The molecule has 5 nitrogen and oxygen atoms in total. The van der Waals surface area contributed by atoms with Gasteiger partial charge in [-0.25, -0.2) is 9.78 Å². The predicted octanol–water partition coefficient (Wildman–Crippen LogP) is 1.75. The normalized spacial score (nSPS) is 9.88. The standard InChI is InChI=1S/C12H9N3O2/c1-8-6-9(12(16)17)2-3-10(8)15-5-4-14-11(15)7-13/h2-6H,1H3,(H,16,17). The molecule has 5 heteroatoms. The Hall–Kier alpha value is -2.61. The second-order valence-electron chi connectivity index (χ2n) is 3.54. The summed E-state index contributed by atoms with van der Waals surface area (Å²) >= 11 is 0. The number of carboxylic acids is 1. The van der Waals surface area contributed by atoms with Crippen LogP contribution in [0.4, 0.5) is 0 Å². The minimum atomic E-state index is -0.967. The Morgan fingerprint density at radius 3 is 2.88 bits per heavy atom. The SMILES string of the molecule is Cc1cc(C(=O)O)ccc1-n1ccnc1C#N. The summed E-state index contributed by atoms with van der Waals surface area (Å²) in [7, 11) is 0. The quantitative estimate of drug-likeness (QED) is 0.847. The number of nitriles is 1. The Morgan fingerprint density at radius 1 is 1.53 bits per heavy atom. The summed E-state index contributed by atoms with van der Waals surface area (Å²) < 4.78 is 1.63. The summed E-state index contributed by atoms with van der Waals surface area (Å²) in [5.74, 6) is -0.693. The second kappa shape index (κ2) is 4.10. The molecule has 0 amide bonds. The zero-order chi connectivity index (χ0) is 12.4. The number of aromatic carboxylic acids is 1. The van der Waals surface area contributed by atoms with Gasteiger partial charge in [-0.3, -0.25) is 4.57 Å². The molecule has 0 unspecified atom stereocenters. The largest absolute Gasteiger partial charge is 0.478 e. The highest BCUT2D eigenvalue weighted by atomic mass is 16.4. The van der Waals surface area contributed by atoms with Gasteiger partial charge in [-0.2, -0.15) is 5.26 Å². The highest BCUT2D eigenvalue weighted by Gasteiger charge is 2.09. The first kappa shape index (κ1) is 10.9. The van der Waals surface area contributed by atoms with E-state index in [1.54, 1.807) is 29.8 Å². The number of imidazole rings is 1. The molecule has 0 aliphatic rings. The van der Waals surface area contributed by atoms with Gasteiger partial charge in [-0.15, -0.1) is 0 Å². The number of benzene rings is 1. The van der Waals surface area contributed by atoms with Crippen LogP contribution in [0.3, 0.4) is 0 Å². The Kier molecular flexibility index (Phi) is 2.63. The first-order chi connectivity index (χ1) is 8.13. The molecule has 0 bridgehead atoms. The van der Waals surface area contributed by atoms with Crippen LogP contribution < -0.4 is 0 Å². The number of aryl methyl sites for hydroxylation is 1. The molecule has 0 saturated heterocycles. The molecule has 1 N–H and O–H groups in total. The van der Waals surface area contributed by atoms with E-state index in [1.165, 1.54) is 12.3 Å². The van der Waals surface area contributed by atoms with E-state index in [1.807, 2.05) is 6.07 Å². The van der Waals surface area contributed by atoms with Crippen molar-refractivity contribution >= 4 is 5.97 Å². The zero-order valence-electron chi connectivity index (χ0n) is 9.08. The fraction of sp³-hybridized carbons (Fsp3) is 0.0833. The fourth-order valence-electron chi connectivity index (χ4n) is 1.64. The molecular weight excluding hydrogens is 218 g/mol. The van der Waals surface area contributed by atoms with Gasteiger partial charge in [0.15, 0.2) is 0 Å². The van der Waals surface area contributed by atoms with Crippen LogP contribution in [-0.4, -0.2) is 20.6 Å². The number of carbonyl (C=O) groups is 1. The molecule has 1 aromatic carbocycles. The third-order valence-electron chi connectivity index (χ3n) is 2.44. The first-order valence-corrected chi connectivity index (χ1v) is 4.91. The van der Waals surface area contributed by atoms with E-state index >= 15 is 0 Å². The summed E-state index contributed by atoms with van der Waals surface area (Å²) in [4.78, 5) is 14.7. The van der Waals surface area contributed by atoms with E-state index in [2.05, 4.69) is 4.98 Å². The molecular formula is C12H9N3O2. The summed E-state index contributed by atoms with van der Waals surface area (Å²) in [5, 5.41) is 17.7. The van der Waals surface area contributed by atoms with Crippen molar-refractivity contribution in [2.24, 2.45) is 0 Å². The van der Waals surface area contributed by atoms with Crippen molar-refractivity contribution in [3.8, 4) is 11.8 Å². The van der Waals surface area contributed by atoms with E-state index in [0.29, 0.717) is 0 Å². The minimum absolute atomic E-state index is 0.227. The molecule has 0 radical (unpaired) electrons. The van der Waals surface area contributed by atoms with Gasteiger partial charge in [0.2, 0.25) is 5.82 Å². The van der Waals surface area contributed by atoms with Gasteiger partial charge in [-0.05, 0) is 30.7 Å². The molecule has 0 spiro atoms. The van der Waals surface area contributed by atoms with Gasteiger partial charge in [0.1, 0.15) is 6.07 Å². The first-order valence-electron chi connectivity index (χ1n) is 4.91. The summed E-state index contributed by atoms with van der Waals surface area (Å²) in [6, 6.07) is 6.72. The van der Waals surface area contributed by atoms with Gasteiger partial charge in [0.25, 0.3) is 0 Å². The van der Waals surface area contributed by atoms with Crippen LogP contribution in [0.1, 0.15) is 21.7 Å². The average molecular weight is 227 g/mol. The molecule has 2 rings (SSSR count). The van der Waals surface area contributed by atoms with Crippen LogP contribution in [-0.2, 0) is 0 Å². The van der Waals surface area contributed by atoms with Crippen LogP contribution in [0.25, 0.3) is 5.69 Å². The lowest BCUT2D eigenvalue weighted by molar-refractivity contribution is 0.0697. The van der Waals surface area contributed by atoms with Gasteiger partial charge in [0.05, 0.1) is 11.3 Å². The third-order valence-corrected chi connectivity index (χ3v) is 2.44. The van der Waals surface area contributed by atoms with Gasteiger partial charge < -0.3 is 5.11 Å². The number of nitrogens with zero attached hydrogens (tertiary/aromatic N) is 3. The molecule has 1 aromatic heterocycles. The van der Waals surface area contributed by atoms with Crippen molar-refractivity contribution in [2.45, 2.75) is 6.92 Å². The summed E-state index contributed by atoms with van der Waals surface area (Å²) in [5.41, 5.74) is 1.76. The number of aromatic nitrogens is 2. The van der Waals surface area contributed by atoms with Crippen molar-refractivity contribution in [1.82, 2.24) is 9.55 Å². The summed E-state index contributed by atoms with van der Waals surface area (Å²) in [6.45, 7) is 1.79. The number of rotatable bonds is 2. The van der Waals surface area contributed by atoms with Crippen molar-refractivity contribution in [3.63, 3.8) is 0 Å². The maximum atomic E-state index is 10.8. The smallest absolute Gasteiger partial charge is 0.335 e. The average Bonchev–Trinajstić information content (AvgIpc) is 2.76. The maximum Gasteiger partial charge on any atom is 0.335 e. The van der Waals surface area contributed by atoms with E-state index in [0.717, 1.165) is 11.3 Å². The fourth-order valence-corrected chi connectivity index (χ4v) is 1.64. The predicted molar refractivity (Wildman–Crippen MR) is 60.0 cm³/mol. The zero-order valence-corrected chi connectivity index (χ0v) is 9.08. The second-order valence-corrected chi connectivity index (χ2v) is 3.54. The van der Waals surface area contributed by atoms with Crippen molar-refractivity contribution < 1.29 is 9.90 Å². The molecule has 0 fully saturated rings. The molecule has 84 valence electrons. The molecule has 17 heavy (non-hydrogen) atoms. The number of carboxylic acid groups (broad SMARTS) is 1. The molecule has 0 aliphatic heterocycles. The van der Waals surface area contributed by atoms with Gasteiger partial charge >= 0.3 is 5.97 Å². The Morgan fingerprint density at radius 2 is 2.29 bits per heavy atom. The third kappa shape index (κ3) is 1.88. The van der Waals surface area contributed by atoms with Crippen molar-refractivity contribution in [1.29, 1.82) is 5.26 Å². The van der Waals surface area contributed by atoms with Crippen molar-refractivity contribution in [2.75, 3.05) is 0 Å². The molecule has 0 aliphatic carbocycles. The topological polar surface area (TPSA) is 78.9 Å². The van der Waals surface area contributed by atoms with Gasteiger partial charge in [0, 0.05) is 12.4 Å². The lowest BCUT2D eigenvalue weighted by Gasteiger charge is -2.08. The highest BCUT2D eigenvalue weighted by molar-refractivity contribution is 5.88. The van der Waals surface area contributed by atoms with E-state index < -0.39 is 5.97 Å². The van der Waals surface area contributed by atoms with Crippen LogP contribution in [0.5, 0.6) is 0 Å². The lowest BCUT2D eigenvalue weighted by atomic mass is 10.1. The Bertz CT molecular complexity index is 623. The van der Waals surface area contributed by atoms with E-state index in [4.69, 9.17) is 10.4 Å². The van der Waals surface area contributed by atoms with Gasteiger partial charge in [-0.1, -0.05) is 0 Å². The molecule has 1 heterocycles. The minimum Gasteiger partial charge on any atom is -0.478 e. The Balaban J connectivity index is 2.55. The highest BCUT2D eigenvalue weighted by Crippen LogP contribution is 2.17. The van der Waals surface area contributed by atoms with Crippen LogP contribution in [0, 0.1) is 18.3 Å². The summed E-state index contributed by atoms with van der Waals surface area (Å²) in [6.07, 6.45) is 3.20. The van der Waals surface area contributed by atoms with Crippen molar-refractivity contribution in [3.05, 3.63) is 47.5 Å². The molecule has 0 saturated carbocycles. The molecule has 0 atom stereocenters. The monoisotopic (exact) mass is 227 g/mol. The Labute approximate surface area is 97.6 Å².